The summed E-state index contributed by atoms with van der Waals surface area (Å²) in [6, 6.07) is 16.2. The van der Waals surface area contributed by atoms with Crippen LogP contribution in [-0.4, -0.2) is 41.3 Å². The predicted molar refractivity (Wildman–Crippen MR) is 123 cm³/mol. The molecule has 31 heavy (non-hydrogen) atoms. The van der Waals surface area contributed by atoms with E-state index in [9.17, 15) is 0 Å². The van der Waals surface area contributed by atoms with Gasteiger partial charge in [-0.05, 0) is 59.7 Å². The Morgan fingerprint density at radius 1 is 0.968 bits per heavy atom. The quantitative estimate of drug-likeness (QED) is 0.510. The Balaban J connectivity index is 1.51. The van der Waals surface area contributed by atoms with E-state index in [1.54, 1.807) is 18.6 Å². The highest BCUT2D eigenvalue weighted by Gasteiger charge is 2.14. The number of anilines is 3. The van der Waals surface area contributed by atoms with Crippen molar-refractivity contribution >= 4 is 28.2 Å². The number of hydrogen-bond acceptors (Lipinski definition) is 6. The monoisotopic (exact) mass is 407 g/mol. The van der Waals surface area contributed by atoms with Crippen LogP contribution in [-0.2, 0) is 4.74 Å². The van der Waals surface area contributed by atoms with E-state index >= 15 is 0 Å². The lowest BCUT2D eigenvalue weighted by Gasteiger charge is -2.29. The Kier molecular flexibility index (Phi) is 5.17. The van der Waals surface area contributed by atoms with Gasteiger partial charge in [-0.2, -0.15) is 0 Å². The lowest BCUT2D eigenvalue weighted by atomic mass is 10.0. The van der Waals surface area contributed by atoms with Crippen molar-refractivity contribution in [1.82, 2.24) is 15.0 Å². The van der Waals surface area contributed by atoms with Crippen LogP contribution in [0.3, 0.4) is 0 Å². The maximum Gasteiger partial charge on any atom is 0.227 e. The van der Waals surface area contributed by atoms with Crippen molar-refractivity contribution in [2.75, 3.05) is 36.5 Å². The predicted octanol–water partition coefficient (Wildman–Crippen LogP) is 4.25. The van der Waals surface area contributed by atoms with Gasteiger partial charge in [0.25, 0.3) is 0 Å². The molecule has 0 bridgehead atoms. The van der Waals surface area contributed by atoms with Crippen LogP contribution in [0.25, 0.3) is 22.0 Å². The molecule has 4 aromatic rings. The van der Waals surface area contributed by atoms with E-state index in [4.69, 9.17) is 11.2 Å². The highest BCUT2D eigenvalue weighted by atomic mass is 16.5. The number of morpholine rings is 1. The second-order valence-electron chi connectivity index (χ2n) is 7.34. The van der Waals surface area contributed by atoms with Crippen molar-refractivity contribution in [2.45, 2.75) is 0 Å². The average molecular weight is 407 g/mol. The Labute approximate surface area is 180 Å². The molecule has 2 aromatic heterocycles. The van der Waals surface area contributed by atoms with Gasteiger partial charge >= 0.3 is 0 Å². The number of aromatic nitrogens is 3. The number of nitrogens with one attached hydrogen (secondary N) is 1. The van der Waals surface area contributed by atoms with Crippen LogP contribution in [0.2, 0.25) is 0 Å². The molecule has 152 valence electrons. The summed E-state index contributed by atoms with van der Waals surface area (Å²) in [6.07, 6.45) is 10.9. The van der Waals surface area contributed by atoms with E-state index in [1.165, 1.54) is 0 Å². The Morgan fingerprint density at radius 3 is 2.61 bits per heavy atom. The van der Waals surface area contributed by atoms with E-state index in [-0.39, 0.29) is 0 Å². The third-order valence-corrected chi connectivity index (χ3v) is 5.31. The maximum atomic E-state index is 5.52. The van der Waals surface area contributed by atoms with Gasteiger partial charge in [-0.1, -0.05) is 5.92 Å². The number of benzene rings is 2. The lowest BCUT2D eigenvalue weighted by molar-refractivity contribution is 0.122. The van der Waals surface area contributed by atoms with Gasteiger partial charge in [-0.15, -0.1) is 6.42 Å². The van der Waals surface area contributed by atoms with Gasteiger partial charge in [-0.25, -0.2) is 9.97 Å². The van der Waals surface area contributed by atoms with E-state index in [0.29, 0.717) is 5.95 Å². The smallest absolute Gasteiger partial charge is 0.227 e. The third kappa shape index (κ3) is 4.18. The minimum absolute atomic E-state index is 0.542. The summed E-state index contributed by atoms with van der Waals surface area (Å²) in [7, 11) is 0. The van der Waals surface area contributed by atoms with Gasteiger partial charge in [0, 0.05) is 54.0 Å². The summed E-state index contributed by atoms with van der Waals surface area (Å²) < 4.78 is 5.52. The molecule has 1 N–H and O–H groups in total. The highest BCUT2D eigenvalue weighted by Crippen LogP contribution is 2.31. The molecule has 0 spiro atoms. The van der Waals surface area contributed by atoms with Crippen molar-refractivity contribution in [3.05, 3.63) is 72.7 Å². The number of terminal acetylenes is 1. The zero-order valence-corrected chi connectivity index (χ0v) is 17.0. The first-order chi connectivity index (χ1) is 15.3. The van der Waals surface area contributed by atoms with Crippen LogP contribution in [0.15, 0.2) is 67.1 Å². The SMILES string of the molecule is C#Cc1ccc2nc(Nc3cc(-c4ccncc4)cc(N4CCOCC4)c3)ncc2c1. The van der Waals surface area contributed by atoms with Gasteiger partial charge in [0.05, 0.1) is 18.7 Å². The van der Waals surface area contributed by atoms with Gasteiger partial charge in [0.2, 0.25) is 5.95 Å². The molecule has 5 rings (SSSR count). The van der Waals surface area contributed by atoms with Crippen LogP contribution >= 0.6 is 0 Å². The first-order valence-electron chi connectivity index (χ1n) is 10.2. The molecule has 6 nitrogen and oxygen atoms in total. The zero-order chi connectivity index (χ0) is 21.0. The number of pyridine rings is 1. The second-order valence-corrected chi connectivity index (χ2v) is 7.34. The molecule has 0 radical (unpaired) electrons. The van der Waals surface area contributed by atoms with Gasteiger partial charge in [0.1, 0.15) is 0 Å². The molecule has 1 fully saturated rings. The van der Waals surface area contributed by atoms with Crippen molar-refractivity contribution in [3.63, 3.8) is 0 Å². The van der Waals surface area contributed by atoms with Crippen molar-refractivity contribution < 1.29 is 4.74 Å². The number of rotatable bonds is 4. The summed E-state index contributed by atoms with van der Waals surface area (Å²) >= 11 is 0. The minimum Gasteiger partial charge on any atom is -0.378 e. The molecule has 2 aromatic carbocycles. The summed E-state index contributed by atoms with van der Waals surface area (Å²) in [5.41, 5.74) is 5.94. The fraction of sp³-hybridized carbons (Fsp3) is 0.160. The summed E-state index contributed by atoms with van der Waals surface area (Å²) in [5.74, 6) is 3.19. The van der Waals surface area contributed by atoms with Crippen LogP contribution in [0.1, 0.15) is 5.56 Å². The molecule has 0 amide bonds. The van der Waals surface area contributed by atoms with Crippen molar-refractivity contribution in [3.8, 4) is 23.5 Å². The van der Waals surface area contributed by atoms with Crippen molar-refractivity contribution in [1.29, 1.82) is 0 Å². The van der Waals surface area contributed by atoms with Crippen LogP contribution < -0.4 is 10.2 Å². The first-order valence-corrected chi connectivity index (χ1v) is 10.2. The summed E-state index contributed by atoms with van der Waals surface area (Å²) in [4.78, 5) is 15.6. The molecule has 1 aliphatic heterocycles. The van der Waals surface area contributed by atoms with E-state index < -0.39 is 0 Å². The first kappa shape index (κ1) is 19.0. The maximum absolute atomic E-state index is 5.52. The Morgan fingerprint density at radius 2 is 1.81 bits per heavy atom. The molecule has 1 saturated heterocycles. The fourth-order valence-corrected chi connectivity index (χ4v) is 3.71. The molecular formula is C25H21N5O. The summed E-state index contributed by atoms with van der Waals surface area (Å²) in [5, 5.41) is 4.30. The molecule has 1 aliphatic rings. The molecule has 3 heterocycles. The van der Waals surface area contributed by atoms with Gasteiger partial charge in [-0.3, -0.25) is 4.98 Å². The molecular weight excluding hydrogens is 386 g/mol. The molecule has 0 saturated carbocycles. The molecule has 6 heteroatoms. The van der Waals surface area contributed by atoms with Crippen LogP contribution in [0.4, 0.5) is 17.3 Å². The standard InChI is InChI=1S/C25H21N5O/c1-2-18-3-4-24-21(13-18)17-27-25(29-24)28-22-14-20(19-5-7-26-8-6-19)15-23(16-22)30-9-11-31-12-10-30/h1,3-8,13-17H,9-12H2,(H,27,28,29). The Bertz CT molecular complexity index is 1260. The van der Waals surface area contributed by atoms with Gasteiger partial charge < -0.3 is 15.0 Å². The van der Waals surface area contributed by atoms with E-state index in [1.807, 2.05) is 30.3 Å². The molecule has 0 unspecified atom stereocenters. The third-order valence-electron chi connectivity index (χ3n) is 5.31. The zero-order valence-electron chi connectivity index (χ0n) is 17.0. The molecule has 0 aliphatic carbocycles. The van der Waals surface area contributed by atoms with Crippen LogP contribution in [0.5, 0.6) is 0 Å². The largest absolute Gasteiger partial charge is 0.378 e. The minimum atomic E-state index is 0.542. The average Bonchev–Trinajstić information content (AvgIpc) is 2.84. The van der Waals surface area contributed by atoms with E-state index in [0.717, 1.165) is 65.3 Å². The van der Waals surface area contributed by atoms with E-state index in [2.05, 4.69) is 49.3 Å². The molecule has 0 atom stereocenters. The second kappa shape index (κ2) is 8.42. The lowest BCUT2D eigenvalue weighted by Crippen LogP contribution is -2.36. The summed E-state index contributed by atoms with van der Waals surface area (Å²) in [6.45, 7) is 3.19. The number of nitrogens with zero attached hydrogens (tertiary/aromatic N) is 4. The normalized spacial score (nSPS) is 13.7. The number of fused-ring (bicyclic) bond motifs is 1. The topological polar surface area (TPSA) is 63.2 Å². The number of hydrogen-bond donors (Lipinski definition) is 1. The van der Waals surface area contributed by atoms with Gasteiger partial charge in [0.15, 0.2) is 0 Å². The Hall–Kier alpha value is -3.95. The number of ether oxygens (including phenoxy) is 1. The van der Waals surface area contributed by atoms with Crippen molar-refractivity contribution in [2.24, 2.45) is 0 Å². The van der Waals surface area contributed by atoms with Crippen LogP contribution in [0, 0.1) is 12.3 Å². The fourth-order valence-electron chi connectivity index (χ4n) is 3.71. The highest BCUT2D eigenvalue weighted by molar-refractivity contribution is 5.81.